The summed E-state index contributed by atoms with van der Waals surface area (Å²) in [5.41, 5.74) is 6.97. The van der Waals surface area contributed by atoms with Gasteiger partial charge in [-0.3, -0.25) is 0 Å². The van der Waals surface area contributed by atoms with Crippen LogP contribution in [0.15, 0.2) is 29.8 Å². The Bertz CT molecular complexity index is 356. The molecule has 2 N–H and O–H groups in total. The maximum atomic E-state index is 5.62. The van der Waals surface area contributed by atoms with Crippen LogP contribution in [-0.4, -0.2) is 10.2 Å². The first-order valence-corrected chi connectivity index (χ1v) is 6.22. The zero-order valence-corrected chi connectivity index (χ0v) is 9.59. The Balaban J connectivity index is 2.07. The Morgan fingerprint density at radius 1 is 1.40 bits per heavy atom. The molecule has 0 unspecified atom stereocenters. The van der Waals surface area contributed by atoms with Crippen molar-refractivity contribution in [1.29, 1.82) is 0 Å². The lowest BCUT2D eigenvalue weighted by Crippen LogP contribution is -1.99. The summed E-state index contributed by atoms with van der Waals surface area (Å²) in [5.74, 6) is 0. The summed E-state index contributed by atoms with van der Waals surface area (Å²) in [6.07, 6.45) is 5.36. The van der Waals surface area contributed by atoms with E-state index in [0.29, 0.717) is 5.70 Å². The molecule has 0 bridgehead atoms. The fraction of sp³-hybridized carbons (Fsp3) is 0.417. The van der Waals surface area contributed by atoms with Crippen LogP contribution in [0.3, 0.4) is 0 Å². The Morgan fingerprint density at radius 2 is 2.13 bits per heavy atom. The van der Waals surface area contributed by atoms with Gasteiger partial charge < -0.3 is 5.73 Å². The molecule has 1 fully saturated rings. The number of thioether (sulfide) groups is 1. The minimum Gasteiger partial charge on any atom is -0.397 e. The first-order chi connectivity index (χ1) is 7.25. The number of aromatic nitrogens is 1. The molecule has 0 atom stereocenters. The molecule has 0 amide bonds. The third kappa shape index (κ3) is 2.75. The van der Waals surface area contributed by atoms with Gasteiger partial charge in [-0.15, -0.1) is 11.8 Å². The van der Waals surface area contributed by atoms with Crippen LogP contribution in [0.1, 0.15) is 31.4 Å². The number of hydrogen-bond acceptors (Lipinski definition) is 3. The predicted molar refractivity (Wildman–Crippen MR) is 65.6 cm³/mol. The van der Waals surface area contributed by atoms with Crippen LogP contribution in [0.5, 0.6) is 0 Å². The van der Waals surface area contributed by atoms with Gasteiger partial charge in [0.1, 0.15) is 0 Å². The molecule has 1 aliphatic carbocycles. The van der Waals surface area contributed by atoms with E-state index in [9.17, 15) is 0 Å². The molecule has 1 saturated carbocycles. The standard InChI is InChI=1S/C12H16N2S/c1-9(13)11-7-4-8-12(14-11)15-10-5-2-3-6-10/h4,7-8,10H,1-3,5-6,13H2. The van der Waals surface area contributed by atoms with E-state index in [1.54, 1.807) is 0 Å². The highest BCUT2D eigenvalue weighted by Gasteiger charge is 2.16. The Hall–Kier alpha value is -0.960. The fourth-order valence-electron chi connectivity index (χ4n) is 1.84. The van der Waals surface area contributed by atoms with Crippen LogP contribution in [0.4, 0.5) is 0 Å². The smallest absolute Gasteiger partial charge is 0.0970 e. The summed E-state index contributed by atoms with van der Waals surface area (Å²) in [6, 6.07) is 5.95. The van der Waals surface area contributed by atoms with Crippen LogP contribution in [-0.2, 0) is 0 Å². The van der Waals surface area contributed by atoms with Crippen molar-refractivity contribution in [3.05, 3.63) is 30.5 Å². The topological polar surface area (TPSA) is 38.9 Å². The Labute approximate surface area is 95.0 Å². The van der Waals surface area contributed by atoms with Crippen LogP contribution in [0.25, 0.3) is 5.70 Å². The third-order valence-electron chi connectivity index (χ3n) is 2.64. The van der Waals surface area contributed by atoms with Crippen molar-refractivity contribution in [2.75, 3.05) is 0 Å². The van der Waals surface area contributed by atoms with Gasteiger partial charge in [-0.2, -0.15) is 0 Å². The second-order valence-corrected chi connectivity index (χ2v) is 5.23. The first kappa shape index (κ1) is 10.6. The number of rotatable bonds is 3. The van der Waals surface area contributed by atoms with Gasteiger partial charge in [-0.05, 0) is 25.0 Å². The van der Waals surface area contributed by atoms with E-state index in [0.717, 1.165) is 16.0 Å². The monoisotopic (exact) mass is 220 g/mol. The number of pyridine rings is 1. The second-order valence-electron chi connectivity index (χ2n) is 3.91. The van der Waals surface area contributed by atoms with Gasteiger partial charge in [-0.25, -0.2) is 4.98 Å². The van der Waals surface area contributed by atoms with E-state index < -0.39 is 0 Å². The van der Waals surface area contributed by atoms with Crippen molar-refractivity contribution in [2.24, 2.45) is 5.73 Å². The third-order valence-corrected chi connectivity index (χ3v) is 3.92. The number of nitrogens with zero attached hydrogens (tertiary/aromatic N) is 1. The van der Waals surface area contributed by atoms with E-state index in [1.807, 2.05) is 23.9 Å². The second kappa shape index (κ2) is 4.71. The maximum absolute atomic E-state index is 5.62. The molecule has 15 heavy (non-hydrogen) atoms. The van der Waals surface area contributed by atoms with E-state index in [4.69, 9.17) is 5.73 Å². The highest BCUT2D eigenvalue weighted by molar-refractivity contribution is 7.99. The van der Waals surface area contributed by atoms with Gasteiger partial charge in [0, 0.05) is 5.25 Å². The summed E-state index contributed by atoms with van der Waals surface area (Å²) in [6.45, 7) is 3.70. The molecule has 0 radical (unpaired) electrons. The summed E-state index contributed by atoms with van der Waals surface area (Å²) >= 11 is 1.87. The molecule has 1 aliphatic rings. The minimum atomic E-state index is 0.545. The normalized spacial score (nSPS) is 16.8. The predicted octanol–water partition coefficient (Wildman–Crippen LogP) is 3.05. The molecule has 0 saturated heterocycles. The molecule has 3 heteroatoms. The molecule has 2 rings (SSSR count). The zero-order chi connectivity index (χ0) is 10.7. The quantitative estimate of drug-likeness (QED) is 0.851. The van der Waals surface area contributed by atoms with Gasteiger partial charge in [-0.1, -0.05) is 25.5 Å². The van der Waals surface area contributed by atoms with Crippen LogP contribution >= 0.6 is 11.8 Å². The van der Waals surface area contributed by atoms with Gasteiger partial charge >= 0.3 is 0 Å². The molecule has 0 aliphatic heterocycles. The molecule has 0 spiro atoms. The SMILES string of the molecule is C=C(N)c1cccc(SC2CCCC2)n1. The van der Waals surface area contributed by atoms with E-state index >= 15 is 0 Å². The van der Waals surface area contributed by atoms with Crippen molar-refractivity contribution in [1.82, 2.24) is 4.98 Å². The summed E-state index contributed by atoms with van der Waals surface area (Å²) in [4.78, 5) is 4.47. The molecule has 0 aromatic carbocycles. The number of hydrogen-bond donors (Lipinski definition) is 1. The van der Waals surface area contributed by atoms with Crippen LogP contribution < -0.4 is 5.73 Å². The lowest BCUT2D eigenvalue weighted by Gasteiger charge is -2.08. The number of nitrogens with two attached hydrogens (primary N) is 1. The largest absolute Gasteiger partial charge is 0.397 e. The zero-order valence-electron chi connectivity index (χ0n) is 8.78. The first-order valence-electron chi connectivity index (χ1n) is 5.34. The van der Waals surface area contributed by atoms with Crippen molar-refractivity contribution < 1.29 is 0 Å². The van der Waals surface area contributed by atoms with Gasteiger partial charge in [0.2, 0.25) is 0 Å². The van der Waals surface area contributed by atoms with Crippen molar-refractivity contribution in [3.63, 3.8) is 0 Å². The summed E-state index contributed by atoms with van der Waals surface area (Å²) in [7, 11) is 0. The molecular formula is C12H16N2S. The lowest BCUT2D eigenvalue weighted by molar-refractivity contribution is 0.886. The molecule has 2 nitrogen and oxygen atoms in total. The van der Waals surface area contributed by atoms with Crippen molar-refractivity contribution in [2.45, 2.75) is 36.0 Å². The van der Waals surface area contributed by atoms with Gasteiger partial charge in [0.05, 0.1) is 16.4 Å². The Kier molecular flexibility index (Phi) is 3.31. The molecular weight excluding hydrogens is 204 g/mol. The van der Waals surface area contributed by atoms with Crippen molar-refractivity contribution >= 4 is 17.5 Å². The molecule has 1 heterocycles. The molecule has 1 aromatic heterocycles. The average Bonchev–Trinajstić information content (AvgIpc) is 2.71. The van der Waals surface area contributed by atoms with Gasteiger partial charge in [0.15, 0.2) is 0 Å². The van der Waals surface area contributed by atoms with E-state index in [-0.39, 0.29) is 0 Å². The average molecular weight is 220 g/mol. The van der Waals surface area contributed by atoms with Gasteiger partial charge in [0.25, 0.3) is 0 Å². The minimum absolute atomic E-state index is 0.545. The van der Waals surface area contributed by atoms with E-state index in [1.165, 1.54) is 25.7 Å². The maximum Gasteiger partial charge on any atom is 0.0970 e. The van der Waals surface area contributed by atoms with E-state index in [2.05, 4.69) is 17.6 Å². The summed E-state index contributed by atoms with van der Waals surface area (Å²) in [5, 5.41) is 1.82. The van der Waals surface area contributed by atoms with Crippen LogP contribution in [0.2, 0.25) is 0 Å². The fourth-order valence-corrected chi connectivity index (χ4v) is 3.06. The van der Waals surface area contributed by atoms with Crippen molar-refractivity contribution in [3.8, 4) is 0 Å². The molecule has 80 valence electrons. The van der Waals surface area contributed by atoms with Crippen LogP contribution in [0, 0.1) is 0 Å². The Morgan fingerprint density at radius 3 is 2.80 bits per heavy atom. The highest BCUT2D eigenvalue weighted by atomic mass is 32.2. The molecule has 1 aromatic rings. The summed E-state index contributed by atoms with van der Waals surface area (Å²) < 4.78 is 0. The highest BCUT2D eigenvalue weighted by Crippen LogP contribution is 2.33. The lowest BCUT2D eigenvalue weighted by atomic mass is 10.3.